The minimum Gasteiger partial charge on any atom is -0.328 e. The lowest BCUT2D eigenvalue weighted by molar-refractivity contribution is -0.121. The Labute approximate surface area is 162 Å². The molecule has 1 unspecified atom stereocenters. The van der Waals surface area contributed by atoms with Crippen LogP contribution in [0.2, 0.25) is 0 Å². The van der Waals surface area contributed by atoms with Crippen LogP contribution in [0.25, 0.3) is 0 Å². The SMILES string of the molecule is O=C1CC(c2ccc(Br)cc2)C2=C(CN(C(=O)c3cccs3)C2=S)N1. The minimum atomic E-state index is -0.120. The molecule has 0 aliphatic carbocycles. The second-order valence-electron chi connectivity index (χ2n) is 5.92. The lowest BCUT2D eigenvalue weighted by Crippen LogP contribution is -2.33. The molecule has 1 aromatic heterocycles. The van der Waals surface area contributed by atoms with E-state index in [0.717, 1.165) is 21.3 Å². The van der Waals surface area contributed by atoms with Gasteiger partial charge in [-0.05, 0) is 29.1 Å². The van der Waals surface area contributed by atoms with Gasteiger partial charge in [0.05, 0.1) is 11.4 Å². The predicted octanol–water partition coefficient (Wildman–Crippen LogP) is 3.85. The maximum Gasteiger partial charge on any atom is 0.269 e. The first-order valence-electron chi connectivity index (χ1n) is 7.72. The summed E-state index contributed by atoms with van der Waals surface area (Å²) in [6.07, 6.45) is 0.335. The van der Waals surface area contributed by atoms with Crippen LogP contribution >= 0.6 is 39.5 Å². The van der Waals surface area contributed by atoms with Crippen molar-refractivity contribution in [2.24, 2.45) is 0 Å². The van der Waals surface area contributed by atoms with E-state index in [1.807, 2.05) is 35.7 Å². The van der Waals surface area contributed by atoms with Gasteiger partial charge in [-0.3, -0.25) is 14.5 Å². The van der Waals surface area contributed by atoms with Gasteiger partial charge in [-0.1, -0.05) is 46.3 Å². The first-order chi connectivity index (χ1) is 12.0. The Hall–Kier alpha value is -1.83. The molecule has 7 heteroatoms. The summed E-state index contributed by atoms with van der Waals surface area (Å²) in [5.74, 6) is -0.274. The second-order valence-corrected chi connectivity index (χ2v) is 8.17. The van der Waals surface area contributed by atoms with Crippen molar-refractivity contribution in [3.63, 3.8) is 0 Å². The summed E-state index contributed by atoms with van der Waals surface area (Å²) in [6, 6.07) is 11.5. The monoisotopic (exact) mass is 432 g/mol. The van der Waals surface area contributed by atoms with Crippen molar-refractivity contribution in [2.45, 2.75) is 12.3 Å². The summed E-state index contributed by atoms with van der Waals surface area (Å²) >= 11 is 10.4. The molecular weight excluding hydrogens is 420 g/mol. The first-order valence-corrected chi connectivity index (χ1v) is 9.80. The zero-order valence-corrected chi connectivity index (χ0v) is 16.2. The number of hydrogen-bond acceptors (Lipinski definition) is 4. The molecule has 0 saturated carbocycles. The Kier molecular flexibility index (Phi) is 4.31. The van der Waals surface area contributed by atoms with Gasteiger partial charge in [-0.25, -0.2) is 0 Å². The molecule has 4 nitrogen and oxygen atoms in total. The van der Waals surface area contributed by atoms with Crippen molar-refractivity contribution >= 4 is 56.3 Å². The molecular formula is C18H13BrN2O2S2. The van der Waals surface area contributed by atoms with E-state index in [9.17, 15) is 9.59 Å². The minimum absolute atomic E-state index is 0.0418. The number of hydrogen-bond donors (Lipinski definition) is 1. The Bertz CT molecular complexity index is 904. The van der Waals surface area contributed by atoms with Crippen LogP contribution in [0.1, 0.15) is 27.6 Å². The van der Waals surface area contributed by atoms with Crippen LogP contribution in [0.5, 0.6) is 0 Å². The summed E-state index contributed by atoms with van der Waals surface area (Å²) in [5, 5.41) is 4.77. The highest BCUT2D eigenvalue weighted by atomic mass is 79.9. The molecule has 0 radical (unpaired) electrons. The van der Waals surface area contributed by atoms with Crippen molar-refractivity contribution in [3.8, 4) is 0 Å². The summed E-state index contributed by atoms with van der Waals surface area (Å²) < 4.78 is 0.981. The van der Waals surface area contributed by atoms with E-state index in [1.54, 1.807) is 11.0 Å². The Morgan fingerprint density at radius 2 is 2.04 bits per heavy atom. The number of thiophene rings is 1. The molecule has 0 fully saturated rings. The number of carbonyl (C=O) groups is 2. The summed E-state index contributed by atoms with van der Waals surface area (Å²) in [7, 11) is 0. The van der Waals surface area contributed by atoms with E-state index in [4.69, 9.17) is 12.2 Å². The van der Waals surface area contributed by atoms with Gasteiger partial charge in [-0.15, -0.1) is 11.3 Å². The van der Waals surface area contributed by atoms with Gasteiger partial charge in [0.2, 0.25) is 5.91 Å². The fraction of sp³-hybridized carbons (Fsp3) is 0.167. The van der Waals surface area contributed by atoms with Crippen molar-refractivity contribution in [3.05, 3.63) is 68.0 Å². The van der Waals surface area contributed by atoms with Crippen molar-refractivity contribution < 1.29 is 9.59 Å². The maximum absolute atomic E-state index is 12.7. The highest BCUT2D eigenvalue weighted by Gasteiger charge is 2.40. The topological polar surface area (TPSA) is 49.4 Å². The zero-order valence-electron chi connectivity index (χ0n) is 13.0. The predicted molar refractivity (Wildman–Crippen MR) is 105 cm³/mol. The normalized spacial score (nSPS) is 19.9. The molecule has 25 heavy (non-hydrogen) atoms. The third kappa shape index (κ3) is 2.96. The molecule has 2 aliphatic rings. The highest BCUT2D eigenvalue weighted by molar-refractivity contribution is 9.10. The zero-order chi connectivity index (χ0) is 17.6. The molecule has 0 saturated heterocycles. The summed E-state index contributed by atoms with van der Waals surface area (Å²) in [4.78, 5) is 27.7. The standard InChI is InChI=1S/C18H13BrN2O2S2/c19-11-5-3-10(4-6-11)12-8-15(22)20-13-9-21(18(24)16(12)13)17(23)14-2-1-7-25-14/h1-7,12H,8-9H2,(H,20,22). The van der Waals surface area contributed by atoms with Crippen LogP contribution in [-0.2, 0) is 4.79 Å². The fourth-order valence-corrected chi connectivity index (χ4v) is 4.59. The molecule has 126 valence electrons. The lowest BCUT2D eigenvalue weighted by Gasteiger charge is -2.25. The number of carbonyl (C=O) groups excluding carboxylic acids is 2. The van der Waals surface area contributed by atoms with Crippen LogP contribution in [0, 0.1) is 0 Å². The molecule has 0 bridgehead atoms. The van der Waals surface area contributed by atoms with Gasteiger partial charge in [0.1, 0.15) is 4.99 Å². The van der Waals surface area contributed by atoms with Gasteiger partial charge in [0, 0.05) is 28.1 Å². The average molecular weight is 433 g/mol. The van der Waals surface area contributed by atoms with E-state index in [0.29, 0.717) is 22.8 Å². The van der Waals surface area contributed by atoms with Crippen LogP contribution in [0.3, 0.4) is 0 Å². The van der Waals surface area contributed by atoms with Gasteiger partial charge in [0.25, 0.3) is 5.91 Å². The van der Waals surface area contributed by atoms with Crippen molar-refractivity contribution in [1.29, 1.82) is 0 Å². The third-order valence-corrected chi connectivity index (χ3v) is 6.22. The van der Waals surface area contributed by atoms with E-state index in [1.165, 1.54) is 11.3 Å². The number of rotatable bonds is 2. The van der Waals surface area contributed by atoms with E-state index < -0.39 is 0 Å². The number of benzene rings is 1. The number of thiocarbonyl (C=S) groups is 1. The fourth-order valence-electron chi connectivity index (χ4n) is 3.24. The number of halogens is 1. The van der Waals surface area contributed by atoms with E-state index >= 15 is 0 Å². The van der Waals surface area contributed by atoms with Crippen LogP contribution < -0.4 is 5.32 Å². The van der Waals surface area contributed by atoms with Gasteiger partial charge in [-0.2, -0.15) is 0 Å². The second kappa shape index (κ2) is 6.48. The number of amides is 2. The molecule has 1 N–H and O–H groups in total. The largest absolute Gasteiger partial charge is 0.328 e. The van der Waals surface area contributed by atoms with E-state index in [2.05, 4.69) is 21.2 Å². The molecule has 2 aromatic rings. The van der Waals surface area contributed by atoms with Crippen LogP contribution in [-0.4, -0.2) is 28.2 Å². The maximum atomic E-state index is 12.7. The highest BCUT2D eigenvalue weighted by Crippen LogP contribution is 2.38. The van der Waals surface area contributed by atoms with Gasteiger partial charge < -0.3 is 5.32 Å². The molecule has 2 amide bonds. The number of nitrogens with zero attached hydrogens (tertiary/aromatic N) is 1. The lowest BCUT2D eigenvalue weighted by atomic mass is 9.85. The van der Waals surface area contributed by atoms with Crippen molar-refractivity contribution in [1.82, 2.24) is 10.2 Å². The third-order valence-electron chi connectivity index (χ3n) is 4.39. The molecule has 1 atom stereocenters. The van der Waals surface area contributed by atoms with Crippen LogP contribution in [0.15, 0.2) is 57.5 Å². The average Bonchev–Trinajstić information content (AvgIpc) is 3.23. The summed E-state index contributed by atoms with van der Waals surface area (Å²) in [5.41, 5.74) is 2.67. The molecule has 0 spiro atoms. The van der Waals surface area contributed by atoms with Gasteiger partial charge >= 0.3 is 0 Å². The Balaban J connectivity index is 1.69. The smallest absolute Gasteiger partial charge is 0.269 e. The molecule has 2 aliphatic heterocycles. The molecule has 3 heterocycles. The van der Waals surface area contributed by atoms with Gasteiger partial charge in [0.15, 0.2) is 0 Å². The van der Waals surface area contributed by atoms with E-state index in [-0.39, 0.29) is 17.7 Å². The van der Waals surface area contributed by atoms with Crippen LogP contribution in [0.4, 0.5) is 0 Å². The number of nitrogens with one attached hydrogen (secondary N) is 1. The Morgan fingerprint density at radius 3 is 2.72 bits per heavy atom. The summed E-state index contributed by atoms with van der Waals surface area (Å²) in [6.45, 7) is 0.323. The molecule has 1 aromatic carbocycles. The molecule has 4 rings (SSSR count). The first kappa shape index (κ1) is 16.6. The Morgan fingerprint density at radius 1 is 1.28 bits per heavy atom. The van der Waals surface area contributed by atoms with Crippen molar-refractivity contribution in [2.75, 3.05) is 6.54 Å². The quantitative estimate of drug-likeness (QED) is 0.733.